The second-order valence-corrected chi connectivity index (χ2v) is 3.99. The quantitative estimate of drug-likeness (QED) is 0.712. The molecule has 0 saturated carbocycles. The maximum absolute atomic E-state index is 10.9. The molecule has 0 bridgehead atoms. The number of ether oxygens (including phenoxy) is 1. The minimum atomic E-state index is -0.401. The van der Waals surface area contributed by atoms with Gasteiger partial charge in [-0.25, -0.2) is 0 Å². The normalized spacial score (nSPS) is 10.9. The van der Waals surface area contributed by atoms with E-state index >= 15 is 0 Å². The summed E-state index contributed by atoms with van der Waals surface area (Å²) in [7, 11) is 0. The van der Waals surface area contributed by atoms with Crippen molar-refractivity contribution in [1.29, 1.82) is 0 Å². The SMILES string of the molecule is CC(C)(C)OC(=O)NCC[Se]. The van der Waals surface area contributed by atoms with Crippen molar-refractivity contribution in [1.82, 2.24) is 5.32 Å². The second kappa shape index (κ2) is 4.62. The summed E-state index contributed by atoms with van der Waals surface area (Å²) in [6.45, 7) is 6.13. The first-order valence-electron chi connectivity index (χ1n) is 3.50. The third-order valence-corrected chi connectivity index (χ3v) is 1.20. The number of carbonyl (C=O) groups is 1. The van der Waals surface area contributed by atoms with E-state index in [2.05, 4.69) is 21.3 Å². The van der Waals surface area contributed by atoms with Crippen molar-refractivity contribution in [2.24, 2.45) is 0 Å². The van der Waals surface area contributed by atoms with Gasteiger partial charge in [-0.05, 0) is 0 Å². The van der Waals surface area contributed by atoms with E-state index < -0.39 is 5.60 Å². The van der Waals surface area contributed by atoms with Crippen LogP contribution in [0.25, 0.3) is 0 Å². The minimum absolute atomic E-state index is 0.354. The molecule has 0 unspecified atom stereocenters. The number of hydrogen-bond donors (Lipinski definition) is 1. The van der Waals surface area contributed by atoms with Crippen LogP contribution in [0.15, 0.2) is 0 Å². The predicted molar refractivity (Wildman–Crippen MR) is 44.8 cm³/mol. The summed E-state index contributed by atoms with van der Waals surface area (Å²) >= 11 is 2.79. The summed E-state index contributed by atoms with van der Waals surface area (Å²) in [5.74, 6) is 0. The van der Waals surface area contributed by atoms with Crippen molar-refractivity contribution in [3.63, 3.8) is 0 Å². The number of nitrogens with one attached hydrogen (secondary N) is 1. The molecule has 0 aromatic heterocycles. The van der Waals surface area contributed by atoms with Gasteiger partial charge in [0.2, 0.25) is 0 Å². The third kappa shape index (κ3) is 7.69. The number of rotatable bonds is 2. The predicted octanol–water partition coefficient (Wildman–Crippen LogP) is 1.10. The molecule has 65 valence electrons. The van der Waals surface area contributed by atoms with Gasteiger partial charge in [-0.3, -0.25) is 0 Å². The van der Waals surface area contributed by atoms with E-state index in [1.165, 1.54) is 0 Å². The van der Waals surface area contributed by atoms with Gasteiger partial charge in [0.1, 0.15) is 0 Å². The van der Waals surface area contributed by atoms with Gasteiger partial charge in [-0.2, -0.15) is 0 Å². The molecule has 4 heteroatoms. The van der Waals surface area contributed by atoms with Gasteiger partial charge >= 0.3 is 75.2 Å². The molecular formula is C7H14NO2Se. The van der Waals surface area contributed by atoms with Crippen molar-refractivity contribution in [2.75, 3.05) is 6.54 Å². The third-order valence-electron chi connectivity index (χ3n) is 0.770. The molecule has 0 aliphatic heterocycles. The number of amides is 1. The maximum atomic E-state index is 10.9. The fourth-order valence-electron chi connectivity index (χ4n) is 0.467. The molecule has 0 aliphatic carbocycles. The van der Waals surface area contributed by atoms with Crippen LogP contribution in [0.1, 0.15) is 20.8 Å². The van der Waals surface area contributed by atoms with E-state index in [0.717, 1.165) is 5.32 Å². The Morgan fingerprint density at radius 2 is 2.09 bits per heavy atom. The van der Waals surface area contributed by atoms with Crippen LogP contribution >= 0.6 is 0 Å². The molecule has 0 fully saturated rings. The Morgan fingerprint density at radius 1 is 1.55 bits per heavy atom. The van der Waals surface area contributed by atoms with E-state index in [9.17, 15) is 4.79 Å². The fourth-order valence-corrected chi connectivity index (χ4v) is 0.681. The molecule has 0 rings (SSSR count). The Kier molecular flexibility index (Phi) is 4.54. The standard InChI is InChI=1S/C7H14NO2Se/c1-7(2,3)10-6(9)8-4-5-11/h4-5H2,1-3H3,(H,8,9). The molecule has 1 N–H and O–H groups in total. The van der Waals surface area contributed by atoms with Crippen molar-refractivity contribution < 1.29 is 9.53 Å². The van der Waals surface area contributed by atoms with E-state index in [0.29, 0.717) is 6.54 Å². The Balaban J connectivity index is 3.53. The van der Waals surface area contributed by atoms with Crippen molar-refractivity contribution in [2.45, 2.75) is 31.7 Å². The van der Waals surface area contributed by atoms with E-state index in [1.807, 2.05) is 20.8 Å². The summed E-state index contributed by atoms with van der Waals surface area (Å²) in [4.78, 5) is 10.9. The second-order valence-electron chi connectivity index (χ2n) is 3.13. The van der Waals surface area contributed by atoms with Crippen LogP contribution in [0, 0.1) is 0 Å². The molecule has 0 aromatic carbocycles. The zero-order valence-corrected chi connectivity index (χ0v) is 8.85. The van der Waals surface area contributed by atoms with Gasteiger partial charge in [0, 0.05) is 0 Å². The number of alkyl carbamates (subject to hydrolysis) is 1. The van der Waals surface area contributed by atoms with Gasteiger partial charge in [0.05, 0.1) is 0 Å². The van der Waals surface area contributed by atoms with Gasteiger partial charge in [0.25, 0.3) is 0 Å². The molecule has 0 atom stereocenters. The Morgan fingerprint density at radius 3 is 2.45 bits per heavy atom. The summed E-state index contributed by atoms with van der Waals surface area (Å²) < 4.78 is 4.98. The average Bonchev–Trinajstić information content (AvgIpc) is 1.79. The molecule has 0 heterocycles. The van der Waals surface area contributed by atoms with Gasteiger partial charge in [-0.15, -0.1) is 0 Å². The molecule has 11 heavy (non-hydrogen) atoms. The van der Waals surface area contributed by atoms with Crippen LogP contribution in [-0.4, -0.2) is 34.3 Å². The van der Waals surface area contributed by atoms with Crippen LogP contribution in [0.5, 0.6) is 0 Å². The number of carbonyl (C=O) groups excluding carboxylic acids is 1. The Labute approximate surface area is 75.7 Å². The molecule has 0 aliphatic rings. The van der Waals surface area contributed by atoms with Crippen LogP contribution in [0.2, 0.25) is 5.32 Å². The Hall–Kier alpha value is -0.211. The summed E-state index contributed by atoms with van der Waals surface area (Å²) in [5, 5.41) is 3.40. The summed E-state index contributed by atoms with van der Waals surface area (Å²) in [5.41, 5.74) is -0.401. The molecule has 0 spiro atoms. The first-order chi connectivity index (χ1) is 4.95. The molecule has 3 nitrogen and oxygen atoms in total. The summed E-state index contributed by atoms with van der Waals surface area (Å²) in [6.07, 6.45) is -0.354. The fraction of sp³-hybridized carbons (Fsp3) is 0.857. The van der Waals surface area contributed by atoms with Crippen LogP contribution in [0.3, 0.4) is 0 Å². The Bertz CT molecular complexity index is 131. The van der Waals surface area contributed by atoms with Crippen LogP contribution in [-0.2, 0) is 4.74 Å². The van der Waals surface area contributed by atoms with Gasteiger partial charge in [-0.1, -0.05) is 0 Å². The monoisotopic (exact) mass is 224 g/mol. The molecule has 1 amide bonds. The summed E-state index contributed by atoms with van der Waals surface area (Å²) in [6, 6.07) is 0. The molecule has 1 radical (unpaired) electrons. The van der Waals surface area contributed by atoms with E-state index in [1.54, 1.807) is 0 Å². The van der Waals surface area contributed by atoms with Gasteiger partial charge < -0.3 is 0 Å². The van der Waals surface area contributed by atoms with E-state index in [-0.39, 0.29) is 6.09 Å². The molecule has 0 aromatic rings. The first-order valence-corrected chi connectivity index (χ1v) is 4.72. The number of hydrogen-bond acceptors (Lipinski definition) is 2. The van der Waals surface area contributed by atoms with Crippen LogP contribution in [0.4, 0.5) is 4.79 Å². The van der Waals surface area contributed by atoms with Crippen molar-refractivity contribution in [3.05, 3.63) is 0 Å². The first kappa shape index (κ1) is 10.8. The zero-order valence-electron chi connectivity index (χ0n) is 7.14. The van der Waals surface area contributed by atoms with Gasteiger partial charge in [0.15, 0.2) is 0 Å². The van der Waals surface area contributed by atoms with Crippen molar-refractivity contribution in [3.8, 4) is 0 Å². The van der Waals surface area contributed by atoms with E-state index in [4.69, 9.17) is 4.74 Å². The average molecular weight is 223 g/mol. The topological polar surface area (TPSA) is 38.3 Å². The molecular weight excluding hydrogens is 209 g/mol. The van der Waals surface area contributed by atoms with Crippen LogP contribution < -0.4 is 5.32 Å². The van der Waals surface area contributed by atoms with Crippen molar-refractivity contribution >= 4 is 22.1 Å². The molecule has 0 saturated heterocycles. The zero-order chi connectivity index (χ0) is 8.91.